The summed E-state index contributed by atoms with van der Waals surface area (Å²) in [5.74, 6) is 0.0865. The highest BCUT2D eigenvalue weighted by molar-refractivity contribution is 7.99. The maximum atomic E-state index is 12.1. The van der Waals surface area contributed by atoms with Crippen LogP contribution in [0.3, 0.4) is 0 Å². The zero-order chi connectivity index (χ0) is 17.5. The molecule has 0 aliphatic heterocycles. The van der Waals surface area contributed by atoms with Gasteiger partial charge in [0.05, 0.1) is 5.75 Å². The van der Waals surface area contributed by atoms with Gasteiger partial charge in [-0.1, -0.05) is 37.2 Å². The quantitative estimate of drug-likeness (QED) is 0.595. The molecule has 0 atom stereocenters. The topological polar surface area (TPSA) is 74.8 Å². The number of anilines is 1. The number of aromatic nitrogens is 2. The maximum Gasteiger partial charge on any atom is 0.251 e. The lowest BCUT2D eigenvalue weighted by Gasteiger charge is -2.10. The van der Waals surface area contributed by atoms with Crippen LogP contribution >= 0.6 is 11.8 Å². The number of carbonyl (C=O) groups is 1. The van der Waals surface area contributed by atoms with Crippen molar-refractivity contribution in [2.45, 2.75) is 45.2 Å². The van der Waals surface area contributed by atoms with Crippen molar-refractivity contribution in [2.24, 2.45) is 0 Å². The Morgan fingerprint density at radius 3 is 2.88 bits per heavy atom. The smallest absolute Gasteiger partial charge is 0.251 e. The molecular weight excluding hydrogens is 322 g/mol. The Labute approximate surface area is 146 Å². The van der Waals surface area contributed by atoms with Crippen LogP contribution in [0.5, 0.6) is 0 Å². The second kappa shape index (κ2) is 8.68. The number of hydrogen-bond donors (Lipinski definition) is 2. The zero-order valence-corrected chi connectivity index (χ0v) is 15.1. The molecule has 6 heteroatoms. The maximum absolute atomic E-state index is 12.1. The molecule has 5 nitrogen and oxygen atoms in total. The van der Waals surface area contributed by atoms with Crippen molar-refractivity contribution < 1.29 is 4.79 Å². The number of H-pyrrole nitrogens is 1. The van der Waals surface area contributed by atoms with Crippen LogP contribution in [0.25, 0.3) is 0 Å². The first-order valence-electron chi connectivity index (χ1n) is 8.08. The molecule has 1 aromatic heterocycles. The third kappa shape index (κ3) is 5.23. The molecular formula is C18H23N3O2S. The lowest BCUT2D eigenvalue weighted by Crippen LogP contribution is -2.16. The van der Waals surface area contributed by atoms with E-state index in [0.717, 1.165) is 41.8 Å². The van der Waals surface area contributed by atoms with Gasteiger partial charge < -0.3 is 10.3 Å². The molecule has 0 radical (unpaired) electrons. The number of benzene rings is 1. The van der Waals surface area contributed by atoms with Crippen LogP contribution < -0.4 is 10.9 Å². The predicted molar refractivity (Wildman–Crippen MR) is 98.7 cm³/mol. The van der Waals surface area contributed by atoms with Gasteiger partial charge in [-0.05, 0) is 43.9 Å². The van der Waals surface area contributed by atoms with Gasteiger partial charge in [0.15, 0.2) is 5.16 Å². The second-order valence-electron chi connectivity index (χ2n) is 5.73. The minimum absolute atomic E-state index is 0.115. The molecule has 0 bridgehead atoms. The van der Waals surface area contributed by atoms with E-state index in [0.29, 0.717) is 5.16 Å². The fourth-order valence-corrected chi connectivity index (χ4v) is 2.94. The van der Waals surface area contributed by atoms with Gasteiger partial charge in [0, 0.05) is 17.4 Å². The molecule has 1 amide bonds. The number of amides is 1. The van der Waals surface area contributed by atoms with Crippen LogP contribution in [-0.4, -0.2) is 21.6 Å². The Kier molecular flexibility index (Phi) is 6.61. The molecule has 128 valence electrons. The predicted octanol–water partition coefficient (Wildman–Crippen LogP) is 3.46. The molecule has 0 saturated heterocycles. The first-order valence-corrected chi connectivity index (χ1v) is 9.07. The van der Waals surface area contributed by atoms with Crippen LogP contribution in [0.15, 0.2) is 34.2 Å². The molecule has 0 aliphatic carbocycles. The summed E-state index contributed by atoms with van der Waals surface area (Å²) in [5.41, 5.74) is 3.62. The Morgan fingerprint density at radius 1 is 1.33 bits per heavy atom. The van der Waals surface area contributed by atoms with Gasteiger partial charge in [-0.15, -0.1) is 0 Å². The van der Waals surface area contributed by atoms with E-state index in [-0.39, 0.29) is 17.2 Å². The number of rotatable bonds is 7. The van der Waals surface area contributed by atoms with Gasteiger partial charge in [0.1, 0.15) is 0 Å². The van der Waals surface area contributed by atoms with Crippen LogP contribution in [0, 0.1) is 13.8 Å². The van der Waals surface area contributed by atoms with Gasteiger partial charge in [-0.25, -0.2) is 4.98 Å². The first-order chi connectivity index (χ1) is 11.5. The largest absolute Gasteiger partial charge is 0.325 e. The highest BCUT2D eigenvalue weighted by Gasteiger charge is 2.09. The Morgan fingerprint density at radius 2 is 2.12 bits per heavy atom. The molecule has 0 spiro atoms. The number of nitrogens with one attached hydrogen (secondary N) is 2. The average molecular weight is 345 g/mol. The summed E-state index contributed by atoms with van der Waals surface area (Å²) in [4.78, 5) is 30.9. The third-order valence-electron chi connectivity index (χ3n) is 3.78. The van der Waals surface area contributed by atoms with Crippen molar-refractivity contribution in [3.63, 3.8) is 0 Å². The Bertz CT molecular complexity index is 771. The summed E-state index contributed by atoms with van der Waals surface area (Å²) in [5, 5.41) is 3.40. The van der Waals surface area contributed by atoms with E-state index in [1.165, 1.54) is 17.8 Å². The second-order valence-corrected chi connectivity index (χ2v) is 6.69. The average Bonchev–Trinajstić information content (AvgIpc) is 2.55. The van der Waals surface area contributed by atoms with Gasteiger partial charge in [-0.2, -0.15) is 0 Å². The summed E-state index contributed by atoms with van der Waals surface area (Å²) in [6.45, 7) is 6.09. The molecule has 2 aromatic rings. The van der Waals surface area contributed by atoms with E-state index in [1.807, 2.05) is 32.0 Å². The van der Waals surface area contributed by atoms with E-state index >= 15 is 0 Å². The summed E-state index contributed by atoms with van der Waals surface area (Å²) in [6, 6.07) is 7.34. The number of nitrogens with zero attached hydrogens (tertiary/aromatic N) is 1. The van der Waals surface area contributed by atoms with Crippen molar-refractivity contribution in [2.75, 3.05) is 11.1 Å². The highest BCUT2D eigenvalue weighted by atomic mass is 32.2. The number of unbranched alkanes of at least 4 members (excludes halogenated alkanes) is 1. The van der Waals surface area contributed by atoms with Crippen LogP contribution in [0.1, 0.15) is 36.6 Å². The molecule has 2 rings (SSSR count). The summed E-state index contributed by atoms with van der Waals surface area (Å²) in [6.07, 6.45) is 2.82. The Hall–Kier alpha value is -2.08. The van der Waals surface area contributed by atoms with E-state index in [4.69, 9.17) is 0 Å². The minimum atomic E-state index is -0.173. The molecule has 0 aliphatic rings. The van der Waals surface area contributed by atoms with Gasteiger partial charge in [0.2, 0.25) is 5.91 Å². The summed E-state index contributed by atoms with van der Waals surface area (Å²) in [7, 11) is 0. The van der Waals surface area contributed by atoms with Crippen LogP contribution in [0.2, 0.25) is 0 Å². The molecule has 24 heavy (non-hydrogen) atoms. The SMILES string of the molecule is CCCCc1cc(=O)[nH]c(SCC(=O)Nc2cccc(C)c2C)n1. The fourth-order valence-electron chi connectivity index (χ4n) is 2.24. The normalized spacial score (nSPS) is 10.6. The van der Waals surface area contributed by atoms with Crippen molar-refractivity contribution >= 4 is 23.4 Å². The molecule has 0 fully saturated rings. The lowest BCUT2D eigenvalue weighted by molar-refractivity contribution is -0.113. The zero-order valence-electron chi connectivity index (χ0n) is 14.3. The van der Waals surface area contributed by atoms with E-state index in [1.54, 1.807) is 0 Å². The van der Waals surface area contributed by atoms with E-state index in [2.05, 4.69) is 22.2 Å². The van der Waals surface area contributed by atoms with Crippen LogP contribution in [0.4, 0.5) is 5.69 Å². The van der Waals surface area contributed by atoms with Crippen molar-refractivity contribution in [1.29, 1.82) is 0 Å². The number of aryl methyl sites for hydroxylation is 2. The van der Waals surface area contributed by atoms with Gasteiger partial charge >= 0.3 is 0 Å². The van der Waals surface area contributed by atoms with Crippen molar-refractivity contribution in [3.05, 3.63) is 51.4 Å². The number of aromatic amines is 1. The summed E-state index contributed by atoms with van der Waals surface area (Å²) >= 11 is 1.24. The number of thioether (sulfide) groups is 1. The molecule has 1 aromatic carbocycles. The standard InChI is InChI=1S/C18H23N3O2S/c1-4-5-8-14-10-16(22)21-18(19-14)24-11-17(23)20-15-9-6-7-12(2)13(15)3/h6-7,9-10H,4-5,8,11H2,1-3H3,(H,20,23)(H,19,21,22). The third-order valence-corrected chi connectivity index (χ3v) is 4.65. The fraction of sp³-hybridized carbons (Fsp3) is 0.389. The minimum Gasteiger partial charge on any atom is -0.325 e. The van der Waals surface area contributed by atoms with E-state index < -0.39 is 0 Å². The highest BCUT2D eigenvalue weighted by Crippen LogP contribution is 2.19. The van der Waals surface area contributed by atoms with Crippen molar-refractivity contribution in [1.82, 2.24) is 9.97 Å². The van der Waals surface area contributed by atoms with Crippen molar-refractivity contribution in [3.8, 4) is 0 Å². The Balaban J connectivity index is 1.97. The number of carbonyl (C=O) groups excluding carboxylic acids is 1. The van der Waals surface area contributed by atoms with Crippen LogP contribution in [-0.2, 0) is 11.2 Å². The monoisotopic (exact) mass is 345 g/mol. The summed E-state index contributed by atoms with van der Waals surface area (Å²) < 4.78 is 0. The van der Waals surface area contributed by atoms with Gasteiger partial charge in [-0.3, -0.25) is 9.59 Å². The molecule has 0 unspecified atom stereocenters. The first kappa shape index (κ1) is 18.3. The molecule has 0 saturated carbocycles. The van der Waals surface area contributed by atoms with Gasteiger partial charge in [0.25, 0.3) is 5.56 Å². The lowest BCUT2D eigenvalue weighted by atomic mass is 10.1. The number of hydrogen-bond acceptors (Lipinski definition) is 4. The van der Waals surface area contributed by atoms with E-state index in [9.17, 15) is 9.59 Å². The molecule has 1 heterocycles. The molecule has 2 N–H and O–H groups in total.